The molecule has 0 saturated carbocycles. The highest BCUT2D eigenvalue weighted by molar-refractivity contribution is 6.06. The van der Waals surface area contributed by atoms with E-state index in [4.69, 9.17) is 4.42 Å². The summed E-state index contributed by atoms with van der Waals surface area (Å²) >= 11 is 0. The van der Waals surface area contributed by atoms with E-state index in [1.54, 1.807) is 18.4 Å². The maximum atomic E-state index is 13.6. The summed E-state index contributed by atoms with van der Waals surface area (Å²) in [6.07, 6.45) is 5.67. The van der Waals surface area contributed by atoms with Crippen molar-refractivity contribution in [2.75, 3.05) is 6.54 Å². The van der Waals surface area contributed by atoms with E-state index in [1.807, 2.05) is 24.0 Å². The van der Waals surface area contributed by atoms with Gasteiger partial charge >= 0.3 is 0 Å². The van der Waals surface area contributed by atoms with Crippen molar-refractivity contribution >= 4 is 16.8 Å². The summed E-state index contributed by atoms with van der Waals surface area (Å²) in [6.45, 7) is 2.52. The number of hydrogen-bond acceptors (Lipinski definition) is 3. The van der Waals surface area contributed by atoms with Crippen molar-refractivity contribution in [3.05, 3.63) is 65.5 Å². The number of nitrogens with zero attached hydrogens (tertiary/aromatic N) is 2. The minimum atomic E-state index is -0.350. The van der Waals surface area contributed by atoms with Crippen LogP contribution in [0.2, 0.25) is 0 Å². The van der Waals surface area contributed by atoms with Gasteiger partial charge in [-0.05, 0) is 50.1 Å². The average Bonchev–Trinajstić information content (AvgIpc) is 3.04. The molecule has 0 aliphatic carbocycles. The van der Waals surface area contributed by atoms with Crippen LogP contribution in [0.15, 0.2) is 47.1 Å². The molecule has 4 rings (SSSR count). The number of carbonyl (C=O) groups excluding carboxylic acids is 1. The summed E-state index contributed by atoms with van der Waals surface area (Å²) in [5.41, 5.74) is 1.79. The SMILES string of the molecule is Cc1cc(C(=O)N2CCCCC[C@H]2c2ccco2)c2ccc(F)cc2n1. The number of carbonyl (C=O) groups is 1. The molecule has 1 aliphatic heterocycles. The zero-order valence-electron chi connectivity index (χ0n) is 14.7. The van der Waals surface area contributed by atoms with Crippen molar-refractivity contribution in [1.82, 2.24) is 9.88 Å². The van der Waals surface area contributed by atoms with Crippen molar-refractivity contribution in [1.29, 1.82) is 0 Å². The standard InChI is InChI=1S/C21H21FN2O2/c1-14-12-17(16-9-8-15(22)13-18(16)23-14)21(25)24-10-4-2-3-6-19(24)20-7-5-11-26-20/h5,7-9,11-13,19H,2-4,6,10H2,1H3/t19-/m0/s1. The van der Waals surface area contributed by atoms with Crippen LogP contribution >= 0.6 is 0 Å². The molecule has 2 aromatic heterocycles. The van der Waals surface area contributed by atoms with Crippen LogP contribution in [0.3, 0.4) is 0 Å². The lowest BCUT2D eigenvalue weighted by Gasteiger charge is -2.29. The lowest BCUT2D eigenvalue weighted by molar-refractivity contribution is 0.0660. The van der Waals surface area contributed by atoms with E-state index in [2.05, 4.69) is 4.98 Å². The Kier molecular flexibility index (Phi) is 4.45. The highest BCUT2D eigenvalue weighted by atomic mass is 19.1. The molecular formula is C21H21FN2O2. The molecule has 5 heteroatoms. The second-order valence-corrected chi connectivity index (χ2v) is 6.85. The third kappa shape index (κ3) is 3.09. The molecule has 0 N–H and O–H groups in total. The molecule has 3 heterocycles. The Labute approximate surface area is 151 Å². The van der Waals surface area contributed by atoms with Crippen molar-refractivity contribution in [2.45, 2.75) is 38.6 Å². The molecule has 3 aromatic rings. The smallest absolute Gasteiger partial charge is 0.255 e. The number of likely N-dealkylation sites (tertiary alicyclic amines) is 1. The van der Waals surface area contributed by atoms with Gasteiger partial charge in [0.15, 0.2) is 0 Å². The number of benzene rings is 1. The Morgan fingerprint density at radius 2 is 2.12 bits per heavy atom. The van der Waals surface area contributed by atoms with E-state index in [0.29, 0.717) is 28.7 Å². The van der Waals surface area contributed by atoms with Gasteiger partial charge in [-0.1, -0.05) is 12.8 Å². The van der Waals surface area contributed by atoms with Crippen molar-refractivity contribution < 1.29 is 13.6 Å². The Morgan fingerprint density at radius 1 is 1.23 bits per heavy atom. The molecule has 1 aromatic carbocycles. The Morgan fingerprint density at radius 3 is 2.92 bits per heavy atom. The topological polar surface area (TPSA) is 46.3 Å². The van der Waals surface area contributed by atoms with Gasteiger partial charge in [0.1, 0.15) is 11.6 Å². The zero-order chi connectivity index (χ0) is 18.1. The maximum Gasteiger partial charge on any atom is 0.255 e. The van der Waals surface area contributed by atoms with Crippen LogP contribution in [0.4, 0.5) is 4.39 Å². The van der Waals surface area contributed by atoms with Gasteiger partial charge < -0.3 is 9.32 Å². The van der Waals surface area contributed by atoms with Crippen LogP contribution in [-0.4, -0.2) is 22.3 Å². The number of aryl methyl sites for hydroxylation is 1. The van der Waals surface area contributed by atoms with Gasteiger partial charge in [-0.2, -0.15) is 0 Å². The monoisotopic (exact) mass is 352 g/mol. The molecule has 1 saturated heterocycles. The Hall–Kier alpha value is -2.69. The summed E-state index contributed by atoms with van der Waals surface area (Å²) in [5.74, 6) is 0.425. The van der Waals surface area contributed by atoms with Crippen molar-refractivity contribution in [2.24, 2.45) is 0 Å². The number of furan rings is 1. The third-order valence-electron chi connectivity index (χ3n) is 5.02. The van der Waals surface area contributed by atoms with Crippen molar-refractivity contribution in [3.63, 3.8) is 0 Å². The molecular weight excluding hydrogens is 331 g/mol. The van der Waals surface area contributed by atoms with Crippen LogP contribution in [0.5, 0.6) is 0 Å². The largest absolute Gasteiger partial charge is 0.467 e. The van der Waals surface area contributed by atoms with E-state index in [-0.39, 0.29) is 17.8 Å². The lowest BCUT2D eigenvalue weighted by Crippen LogP contribution is -2.35. The summed E-state index contributed by atoms with van der Waals surface area (Å²) < 4.78 is 19.2. The predicted octanol–water partition coefficient (Wildman–Crippen LogP) is 5.03. The number of aromatic nitrogens is 1. The van der Waals surface area contributed by atoms with E-state index < -0.39 is 0 Å². The first-order valence-electron chi connectivity index (χ1n) is 9.05. The van der Waals surface area contributed by atoms with Crippen LogP contribution < -0.4 is 0 Å². The summed E-state index contributed by atoms with van der Waals surface area (Å²) in [6, 6.07) is 9.92. The number of hydrogen-bond donors (Lipinski definition) is 0. The quantitative estimate of drug-likeness (QED) is 0.650. The molecule has 0 unspecified atom stereocenters. The molecule has 0 bridgehead atoms. The van der Waals surface area contributed by atoms with Gasteiger partial charge in [-0.3, -0.25) is 9.78 Å². The first-order valence-corrected chi connectivity index (χ1v) is 9.05. The van der Waals surface area contributed by atoms with Crippen LogP contribution in [0, 0.1) is 12.7 Å². The average molecular weight is 352 g/mol. The second-order valence-electron chi connectivity index (χ2n) is 6.85. The number of fused-ring (bicyclic) bond motifs is 1. The molecule has 1 amide bonds. The molecule has 0 radical (unpaired) electrons. The van der Waals surface area contributed by atoms with Gasteiger partial charge in [0.05, 0.1) is 23.4 Å². The van der Waals surface area contributed by atoms with Gasteiger partial charge in [0, 0.05) is 23.7 Å². The molecule has 26 heavy (non-hydrogen) atoms. The first kappa shape index (κ1) is 16.8. The molecule has 1 aliphatic rings. The molecule has 1 fully saturated rings. The van der Waals surface area contributed by atoms with Crippen LogP contribution in [0.1, 0.15) is 53.5 Å². The summed E-state index contributed by atoms with van der Waals surface area (Å²) in [7, 11) is 0. The van der Waals surface area contributed by atoms with Crippen LogP contribution in [0.25, 0.3) is 10.9 Å². The lowest BCUT2D eigenvalue weighted by atomic mass is 10.0. The minimum Gasteiger partial charge on any atom is -0.467 e. The van der Waals surface area contributed by atoms with Crippen LogP contribution in [-0.2, 0) is 0 Å². The van der Waals surface area contributed by atoms with Gasteiger partial charge in [-0.15, -0.1) is 0 Å². The molecule has 0 spiro atoms. The molecule has 4 nitrogen and oxygen atoms in total. The van der Waals surface area contributed by atoms with Gasteiger partial charge in [-0.25, -0.2) is 4.39 Å². The number of amides is 1. The highest BCUT2D eigenvalue weighted by Crippen LogP contribution is 2.33. The predicted molar refractivity (Wildman–Crippen MR) is 97.4 cm³/mol. The molecule has 1 atom stereocenters. The van der Waals surface area contributed by atoms with E-state index in [0.717, 1.165) is 31.4 Å². The van der Waals surface area contributed by atoms with E-state index in [1.165, 1.54) is 12.1 Å². The molecule has 134 valence electrons. The van der Waals surface area contributed by atoms with Crippen molar-refractivity contribution in [3.8, 4) is 0 Å². The van der Waals surface area contributed by atoms with Gasteiger partial charge in [0.25, 0.3) is 5.91 Å². The summed E-state index contributed by atoms with van der Waals surface area (Å²) in [5, 5.41) is 0.685. The second kappa shape index (κ2) is 6.90. The number of rotatable bonds is 2. The Balaban J connectivity index is 1.79. The van der Waals surface area contributed by atoms with E-state index >= 15 is 0 Å². The fraction of sp³-hybridized carbons (Fsp3) is 0.333. The minimum absolute atomic E-state index is 0.0459. The Bertz CT molecular complexity index is 931. The number of pyridine rings is 1. The van der Waals surface area contributed by atoms with Gasteiger partial charge in [0.2, 0.25) is 0 Å². The fourth-order valence-corrected chi connectivity index (χ4v) is 3.79. The third-order valence-corrected chi connectivity index (χ3v) is 5.02. The highest BCUT2D eigenvalue weighted by Gasteiger charge is 2.30. The van der Waals surface area contributed by atoms with E-state index in [9.17, 15) is 9.18 Å². The zero-order valence-corrected chi connectivity index (χ0v) is 14.7. The maximum absolute atomic E-state index is 13.6. The normalized spacial score (nSPS) is 18.1. The number of halogens is 1. The fourth-order valence-electron chi connectivity index (χ4n) is 3.79. The first-order chi connectivity index (χ1) is 12.6. The summed E-state index contributed by atoms with van der Waals surface area (Å²) in [4.78, 5) is 19.8.